The Balaban J connectivity index is 2.69. The number of nitrogens with one attached hydrogen (secondary N) is 1. The summed E-state index contributed by atoms with van der Waals surface area (Å²) in [5.41, 5.74) is 1.10. The molecule has 1 aromatic rings. The molecule has 2 N–H and O–H groups in total. The van der Waals surface area contributed by atoms with Crippen molar-refractivity contribution < 1.29 is 5.11 Å². The summed E-state index contributed by atoms with van der Waals surface area (Å²) in [6.07, 6.45) is 0. The van der Waals surface area contributed by atoms with E-state index in [1.54, 1.807) is 11.3 Å². The Kier molecular flexibility index (Phi) is 4.04. The van der Waals surface area contributed by atoms with E-state index in [0.717, 1.165) is 10.7 Å². The lowest BCUT2D eigenvalue weighted by atomic mass is 10.2. The smallest absolute Gasteiger partial charge is 0.0900 e. The predicted molar refractivity (Wildman–Crippen MR) is 59.7 cm³/mol. The van der Waals surface area contributed by atoms with Crippen molar-refractivity contribution in [2.75, 3.05) is 6.61 Å². The predicted octanol–water partition coefficient (Wildman–Crippen LogP) is 1.79. The van der Waals surface area contributed by atoms with E-state index in [0.29, 0.717) is 0 Å². The summed E-state index contributed by atoms with van der Waals surface area (Å²) in [5.74, 6) is 0. The third kappa shape index (κ3) is 2.77. The molecule has 0 bridgehead atoms. The van der Waals surface area contributed by atoms with E-state index in [4.69, 9.17) is 5.11 Å². The molecule has 0 spiro atoms. The van der Waals surface area contributed by atoms with Crippen LogP contribution in [-0.4, -0.2) is 22.7 Å². The second-order valence-corrected chi connectivity index (χ2v) is 4.89. The van der Waals surface area contributed by atoms with E-state index >= 15 is 0 Å². The fourth-order valence-electron chi connectivity index (χ4n) is 1.50. The van der Waals surface area contributed by atoms with Crippen LogP contribution in [0.3, 0.4) is 0 Å². The highest BCUT2D eigenvalue weighted by molar-refractivity contribution is 7.11. The molecule has 0 saturated heterocycles. The van der Waals surface area contributed by atoms with Gasteiger partial charge in [-0.05, 0) is 27.7 Å². The number of hydrogen-bond donors (Lipinski definition) is 2. The Morgan fingerprint density at radius 3 is 2.50 bits per heavy atom. The average molecular weight is 214 g/mol. The van der Waals surface area contributed by atoms with Crippen molar-refractivity contribution in [1.29, 1.82) is 0 Å². The number of nitrogens with zero attached hydrogens (tertiary/aromatic N) is 1. The second-order valence-electron chi connectivity index (χ2n) is 3.65. The van der Waals surface area contributed by atoms with Gasteiger partial charge in [0, 0.05) is 17.0 Å². The summed E-state index contributed by atoms with van der Waals surface area (Å²) in [6.45, 7) is 8.29. The average Bonchev–Trinajstić information content (AvgIpc) is 2.45. The minimum Gasteiger partial charge on any atom is -0.395 e. The molecule has 0 aliphatic rings. The molecule has 0 aromatic carbocycles. The maximum absolute atomic E-state index is 8.93. The molecule has 1 aromatic heterocycles. The van der Waals surface area contributed by atoms with Crippen molar-refractivity contribution >= 4 is 11.3 Å². The molecule has 2 unspecified atom stereocenters. The van der Waals surface area contributed by atoms with Crippen LogP contribution in [0.15, 0.2) is 0 Å². The van der Waals surface area contributed by atoms with Crippen LogP contribution in [-0.2, 0) is 0 Å². The van der Waals surface area contributed by atoms with Crippen LogP contribution in [0.2, 0.25) is 0 Å². The van der Waals surface area contributed by atoms with Crippen molar-refractivity contribution in [2.24, 2.45) is 0 Å². The van der Waals surface area contributed by atoms with Gasteiger partial charge in [0.25, 0.3) is 0 Å². The first-order valence-corrected chi connectivity index (χ1v) is 5.67. The Hall–Kier alpha value is -0.450. The molecule has 1 rings (SSSR count). The first-order chi connectivity index (χ1) is 6.54. The van der Waals surface area contributed by atoms with Crippen LogP contribution >= 0.6 is 11.3 Å². The Morgan fingerprint density at radius 1 is 1.43 bits per heavy atom. The van der Waals surface area contributed by atoms with Gasteiger partial charge >= 0.3 is 0 Å². The third-order valence-electron chi connectivity index (χ3n) is 2.14. The van der Waals surface area contributed by atoms with Crippen LogP contribution in [0.25, 0.3) is 0 Å². The molecule has 0 fully saturated rings. The van der Waals surface area contributed by atoms with Crippen molar-refractivity contribution in [3.8, 4) is 0 Å². The van der Waals surface area contributed by atoms with E-state index in [1.165, 1.54) is 4.88 Å². The zero-order valence-corrected chi connectivity index (χ0v) is 9.98. The number of thiazole rings is 1. The number of aryl methyl sites for hydroxylation is 2. The lowest BCUT2D eigenvalue weighted by Crippen LogP contribution is -2.31. The van der Waals surface area contributed by atoms with Crippen molar-refractivity contribution in [3.63, 3.8) is 0 Å². The zero-order valence-electron chi connectivity index (χ0n) is 9.16. The SMILES string of the molecule is Cc1nc(C)c(C(C)NC(C)CO)s1. The molecule has 80 valence electrons. The monoisotopic (exact) mass is 214 g/mol. The van der Waals surface area contributed by atoms with Gasteiger partial charge in [0.1, 0.15) is 0 Å². The molecule has 14 heavy (non-hydrogen) atoms. The Morgan fingerprint density at radius 2 is 2.07 bits per heavy atom. The van der Waals surface area contributed by atoms with E-state index in [2.05, 4.69) is 17.2 Å². The molecule has 0 aliphatic carbocycles. The third-order valence-corrected chi connectivity index (χ3v) is 3.40. The van der Waals surface area contributed by atoms with Gasteiger partial charge in [0.2, 0.25) is 0 Å². The zero-order chi connectivity index (χ0) is 10.7. The molecule has 0 radical (unpaired) electrons. The summed E-state index contributed by atoms with van der Waals surface area (Å²) in [4.78, 5) is 5.65. The van der Waals surface area contributed by atoms with E-state index in [1.807, 2.05) is 20.8 Å². The molecule has 1 heterocycles. The lowest BCUT2D eigenvalue weighted by Gasteiger charge is -2.17. The van der Waals surface area contributed by atoms with E-state index in [-0.39, 0.29) is 18.7 Å². The van der Waals surface area contributed by atoms with Gasteiger partial charge in [-0.1, -0.05) is 0 Å². The number of aliphatic hydroxyl groups excluding tert-OH is 1. The molecule has 0 amide bonds. The number of aromatic nitrogens is 1. The van der Waals surface area contributed by atoms with Crippen LogP contribution in [0, 0.1) is 13.8 Å². The van der Waals surface area contributed by atoms with Crippen molar-refractivity contribution in [3.05, 3.63) is 15.6 Å². The minimum absolute atomic E-state index is 0.131. The quantitative estimate of drug-likeness (QED) is 0.803. The largest absolute Gasteiger partial charge is 0.395 e. The first kappa shape index (κ1) is 11.6. The fourth-order valence-corrected chi connectivity index (χ4v) is 2.44. The second kappa shape index (κ2) is 4.87. The van der Waals surface area contributed by atoms with Gasteiger partial charge in [-0.25, -0.2) is 4.98 Å². The van der Waals surface area contributed by atoms with Gasteiger partial charge < -0.3 is 10.4 Å². The van der Waals surface area contributed by atoms with Crippen LogP contribution < -0.4 is 5.32 Å². The highest BCUT2D eigenvalue weighted by atomic mass is 32.1. The first-order valence-electron chi connectivity index (χ1n) is 4.85. The van der Waals surface area contributed by atoms with Gasteiger partial charge in [-0.2, -0.15) is 0 Å². The standard InChI is InChI=1S/C10H18N2OS/c1-6(5-13)11-7(2)10-8(3)12-9(4)14-10/h6-7,11,13H,5H2,1-4H3. The summed E-state index contributed by atoms with van der Waals surface area (Å²) in [6, 6.07) is 0.398. The maximum Gasteiger partial charge on any atom is 0.0900 e. The number of hydrogen-bond acceptors (Lipinski definition) is 4. The van der Waals surface area contributed by atoms with Gasteiger partial charge in [0.05, 0.1) is 17.3 Å². The molecular formula is C10H18N2OS. The van der Waals surface area contributed by atoms with Gasteiger partial charge in [-0.15, -0.1) is 11.3 Å². The maximum atomic E-state index is 8.93. The number of rotatable bonds is 4. The molecule has 0 saturated carbocycles. The normalized spacial score (nSPS) is 15.5. The number of aliphatic hydroxyl groups is 1. The van der Waals surface area contributed by atoms with Crippen LogP contribution in [0.1, 0.15) is 35.5 Å². The topological polar surface area (TPSA) is 45.2 Å². The van der Waals surface area contributed by atoms with E-state index in [9.17, 15) is 0 Å². The summed E-state index contributed by atoms with van der Waals surface area (Å²) >= 11 is 1.72. The van der Waals surface area contributed by atoms with Crippen LogP contribution in [0.4, 0.5) is 0 Å². The highest BCUT2D eigenvalue weighted by Crippen LogP contribution is 2.24. The summed E-state index contributed by atoms with van der Waals surface area (Å²) < 4.78 is 0. The highest BCUT2D eigenvalue weighted by Gasteiger charge is 2.14. The molecule has 3 nitrogen and oxygen atoms in total. The summed E-state index contributed by atoms with van der Waals surface area (Å²) in [5, 5.41) is 13.4. The van der Waals surface area contributed by atoms with Crippen molar-refractivity contribution in [1.82, 2.24) is 10.3 Å². The molecular weight excluding hydrogens is 196 g/mol. The fraction of sp³-hybridized carbons (Fsp3) is 0.700. The van der Waals surface area contributed by atoms with Gasteiger partial charge in [0.15, 0.2) is 0 Å². The van der Waals surface area contributed by atoms with E-state index < -0.39 is 0 Å². The Labute approximate surface area is 89.2 Å². The minimum atomic E-state index is 0.131. The summed E-state index contributed by atoms with van der Waals surface area (Å²) in [7, 11) is 0. The Bertz CT molecular complexity index is 298. The van der Waals surface area contributed by atoms with Crippen molar-refractivity contribution in [2.45, 2.75) is 39.8 Å². The lowest BCUT2D eigenvalue weighted by molar-refractivity contribution is 0.243. The van der Waals surface area contributed by atoms with Gasteiger partial charge in [-0.3, -0.25) is 0 Å². The molecule has 2 atom stereocenters. The molecule has 4 heteroatoms. The molecule has 0 aliphatic heterocycles. The van der Waals surface area contributed by atoms with Crippen LogP contribution in [0.5, 0.6) is 0 Å².